The number of carbonyl (C=O) groups excluding carboxylic acids is 1. The number of amides is 1. The maximum atomic E-state index is 12.6. The second-order valence-corrected chi connectivity index (χ2v) is 7.09. The first kappa shape index (κ1) is 12.3. The fraction of sp³-hybridized carbons (Fsp3) is 0.643. The van der Waals surface area contributed by atoms with E-state index in [0.717, 1.165) is 17.8 Å². The van der Waals surface area contributed by atoms with E-state index in [1.807, 2.05) is 4.90 Å². The summed E-state index contributed by atoms with van der Waals surface area (Å²) < 4.78 is 0. The number of rotatable bonds is 3. The molecule has 1 N–H and O–H groups in total. The molecular formula is C14H16N2O3S. The lowest BCUT2D eigenvalue weighted by Crippen LogP contribution is -2.37. The molecule has 1 amide bonds. The van der Waals surface area contributed by atoms with Crippen LogP contribution >= 0.6 is 11.3 Å². The van der Waals surface area contributed by atoms with Gasteiger partial charge in [-0.1, -0.05) is 0 Å². The molecule has 0 aromatic carbocycles. The third-order valence-electron chi connectivity index (χ3n) is 4.75. The van der Waals surface area contributed by atoms with Crippen LogP contribution in [0.2, 0.25) is 0 Å². The molecule has 2 aliphatic heterocycles. The second-order valence-electron chi connectivity index (χ2n) is 6.03. The smallest absolute Gasteiger partial charge is 0.308 e. The molecule has 2 saturated heterocycles. The Morgan fingerprint density at radius 1 is 1.30 bits per heavy atom. The number of hydrogen-bond donors (Lipinski definition) is 1. The summed E-state index contributed by atoms with van der Waals surface area (Å²) in [4.78, 5) is 30.7. The van der Waals surface area contributed by atoms with Gasteiger partial charge in [-0.05, 0) is 32.1 Å². The summed E-state index contributed by atoms with van der Waals surface area (Å²) in [6.07, 6.45) is 6.40. The maximum absolute atomic E-state index is 12.6. The van der Waals surface area contributed by atoms with Crippen molar-refractivity contribution in [3.63, 3.8) is 0 Å². The van der Waals surface area contributed by atoms with Crippen molar-refractivity contribution in [1.82, 2.24) is 9.88 Å². The Bertz CT molecular complexity index is 581. The van der Waals surface area contributed by atoms with Crippen LogP contribution in [-0.2, 0) is 4.79 Å². The van der Waals surface area contributed by atoms with Crippen molar-refractivity contribution in [2.75, 3.05) is 0 Å². The highest BCUT2D eigenvalue weighted by Gasteiger charge is 2.51. The molecule has 3 heterocycles. The van der Waals surface area contributed by atoms with Gasteiger partial charge in [0.2, 0.25) is 0 Å². The van der Waals surface area contributed by atoms with Crippen LogP contribution in [0, 0.1) is 5.92 Å². The molecule has 3 atom stereocenters. The predicted octanol–water partition coefficient (Wildman–Crippen LogP) is 2.10. The second kappa shape index (κ2) is 4.28. The van der Waals surface area contributed by atoms with Gasteiger partial charge >= 0.3 is 5.97 Å². The van der Waals surface area contributed by atoms with Gasteiger partial charge < -0.3 is 10.0 Å². The lowest BCUT2D eigenvalue weighted by Gasteiger charge is -2.22. The van der Waals surface area contributed by atoms with Crippen molar-refractivity contribution < 1.29 is 14.7 Å². The SMILES string of the molecule is O=C(O)[C@@H]1C[C@H]2CC[C@@H]1N2C(=O)c1cnc(C2CC2)s1. The zero-order valence-electron chi connectivity index (χ0n) is 11.0. The highest BCUT2D eigenvalue weighted by molar-refractivity contribution is 7.13. The lowest BCUT2D eigenvalue weighted by atomic mass is 9.89. The van der Waals surface area contributed by atoms with Crippen molar-refractivity contribution in [2.45, 2.75) is 50.1 Å². The van der Waals surface area contributed by atoms with E-state index in [4.69, 9.17) is 0 Å². The minimum absolute atomic E-state index is 0.00866. The van der Waals surface area contributed by atoms with Crippen molar-refractivity contribution in [3.8, 4) is 0 Å². The van der Waals surface area contributed by atoms with E-state index in [1.54, 1.807) is 6.20 Å². The first-order valence-corrected chi connectivity index (χ1v) is 7.98. The first-order chi connectivity index (χ1) is 9.65. The van der Waals surface area contributed by atoms with Crippen molar-refractivity contribution in [2.24, 2.45) is 5.92 Å². The van der Waals surface area contributed by atoms with Crippen LogP contribution in [0.4, 0.5) is 0 Å². The van der Waals surface area contributed by atoms with Crippen LogP contribution in [0.3, 0.4) is 0 Å². The fourth-order valence-electron chi connectivity index (χ4n) is 3.60. The molecule has 1 aliphatic carbocycles. The van der Waals surface area contributed by atoms with Crippen LogP contribution < -0.4 is 0 Å². The number of carbonyl (C=O) groups is 2. The third-order valence-corrected chi connectivity index (χ3v) is 5.90. The van der Waals surface area contributed by atoms with E-state index < -0.39 is 5.97 Å². The molecular weight excluding hydrogens is 276 g/mol. The minimum atomic E-state index is -0.766. The predicted molar refractivity (Wildman–Crippen MR) is 72.8 cm³/mol. The summed E-state index contributed by atoms with van der Waals surface area (Å²) in [6.45, 7) is 0. The molecule has 2 bridgehead atoms. The molecule has 20 heavy (non-hydrogen) atoms. The van der Waals surface area contributed by atoms with Gasteiger partial charge in [-0.25, -0.2) is 4.98 Å². The van der Waals surface area contributed by atoms with Gasteiger partial charge in [-0.3, -0.25) is 9.59 Å². The van der Waals surface area contributed by atoms with Gasteiger partial charge in [0.25, 0.3) is 5.91 Å². The molecule has 106 valence electrons. The van der Waals surface area contributed by atoms with Gasteiger partial charge in [0.1, 0.15) is 4.88 Å². The summed E-state index contributed by atoms with van der Waals surface area (Å²) in [5, 5.41) is 10.3. The Kier molecular flexibility index (Phi) is 2.64. The summed E-state index contributed by atoms with van der Waals surface area (Å²) in [7, 11) is 0. The number of aromatic nitrogens is 1. The van der Waals surface area contributed by atoms with Gasteiger partial charge in [-0.15, -0.1) is 11.3 Å². The molecule has 1 aromatic heterocycles. The van der Waals surface area contributed by atoms with Gasteiger partial charge in [-0.2, -0.15) is 0 Å². The normalized spacial score (nSPS) is 31.8. The van der Waals surface area contributed by atoms with Gasteiger partial charge in [0.15, 0.2) is 0 Å². The van der Waals surface area contributed by atoms with Gasteiger partial charge in [0.05, 0.1) is 17.1 Å². The van der Waals surface area contributed by atoms with E-state index in [2.05, 4.69) is 4.98 Å². The van der Waals surface area contributed by atoms with Crippen LogP contribution in [-0.4, -0.2) is 39.0 Å². The summed E-state index contributed by atoms with van der Waals surface area (Å²) in [5.41, 5.74) is 0. The quantitative estimate of drug-likeness (QED) is 0.926. The number of hydrogen-bond acceptors (Lipinski definition) is 4. The Labute approximate surface area is 120 Å². The Morgan fingerprint density at radius 2 is 2.10 bits per heavy atom. The maximum Gasteiger partial charge on any atom is 0.308 e. The molecule has 3 aliphatic rings. The molecule has 1 saturated carbocycles. The average Bonchev–Trinajstić information content (AvgIpc) is 2.90. The number of carboxylic acids is 1. The molecule has 1 aromatic rings. The molecule has 3 fully saturated rings. The largest absolute Gasteiger partial charge is 0.481 e. The summed E-state index contributed by atoms with van der Waals surface area (Å²) in [6, 6.07) is -0.00319. The van der Waals surface area contributed by atoms with Gasteiger partial charge in [0, 0.05) is 18.0 Å². The Morgan fingerprint density at radius 3 is 2.75 bits per heavy atom. The van der Waals surface area contributed by atoms with Crippen molar-refractivity contribution in [1.29, 1.82) is 0 Å². The highest BCUT2D eigenvalue weighted by atomic mass is 32.1. The topological polar surface area (TPSA) is 70.5 Å². The third kappa shape index (κ3) is 1.78. The molecule has 0 spiro atoms. The van der Waals surface area contributed by atoms with Crippen molar-refractivity contribution >= 4 is 23.2 Å². The number of thiazole rings is 1. The van der Waals surface area contributed by atoms with Crippen LogP contribution in [0.1, 0.15) is 52.7 Å². The zero-order valence-corrected chi connectivity index (χ0v) is 11.8. The Hall–Kier alpha value is -1.43. The highest BCUT2D eigenvalue weighted by Crippen LogP contribution is 2.45. The summed E-state index contributed by atoms with van der Waals surface area (Å²) in [5.74, 6) is -0.597. The van der Waals surface area contributed by atoms with Crippen LogP contribution in [0.25, 0.3) is 0 Å². The molecule has 4 rings (SSSR count). The van der Waals surface area contributed by atoms with Crippen LogP contribution in [0.5, 0.6) is 0 Å². The molecule has 0 unspecified atom stereocenters. The molecule has 0 radical (unpaired) electrons. The van der Waals surface area contributed by atoms with E-state index in [1.165, 1.54) is 24.2 Å². The first-order valence-electron chi connectivity index (χ1n) is 7.16. The molecule has 5 nitrogen and oxygen atoms in total. The fourth-order valence-corrected chi connectivity index (χ4v) is 4.63. The zero-order chi connectivity index (χ0) is 13.9. The van der Waals surface area contributed by atoms with E-state index in [0.29, 0.717) is 17.2 Å². The average molecular weight is 292 g/mol. The lowest BCUT2D eigenvalue weighted by molar-refractivity contribution is -0.142. The number of carboxylic acid groups (broad SMARTS) is 1. The Balaban J connectivity index is 1.57. The van der Waals surface area contributed by atoms with Crippen molar-refractivity contribution in [3.05, 3.63) is 16.1 Å². The number of aliphatic carboxylic acids is 1. The van der Waals surface area contributed by atoms with Crippen LogP contribution in [0.15, 0.2) is 6.20 Å². The standard InChI is InChI=1S/C14H16N2O3S/c17-13(11-6-15-12(20-11)7-1-2-7)16-8-3-4-10(16)9(5-8)14(18)19/h6-10H,1-5H2,(H,18,19)/t8-,9-,10+/m1/s1. The van der Waals surface area contributed by atoms with E-state index >= 15 is 0 Å². The van der Waals surface area contributed by atoms with E-state index in [-0.39, 0.29) is 23.9 Å². The monoisotopic (exact) mass is 292 g/mol. The molecule has 6 heteroatoms. The number of nitrogens with zero attached hydrogens (tertiary/aromatic N) is 2. The minimum Gasteiger partial charge on any atom is -0.481 e. The van der Waals surface area contributed by atoms with E-state index in [9.17, 15) is 14.7 Å². The summed E-state index contributed by atoms with van der Waals surface area (Å²) >= 11 is 1.49. The number of fused-ring (bicyclic) bond motifs is 2.